The van der Waals surface area contributed by atoms with Gasteiger partial charge in [-0.15, -0.1) is 0 Å². The van der Waals surface area contributed by atoms with Gasteiger partial charge in [-0.1, -0.05) is 57.3 Å². The third-order valence-electron chi connectivity index (χ3n) is 2.47. The summed E-state index contributed by atoms with van der Waals surface area (Å²) in [6, 6.07) is 0. The van der Waals surface area contributed by atoms with Crippen molar-refractivity contribution >= 4 is 0 Å². The van der Waals surface area contributed by atoms with Crippen LogP contribution >= 0.6 is 0 Å². The molecule has 4 heteroatoms. The van der Waals surface area contributed by atoms with E-state index >= 15 is 0 Å². The maximum atomic E-state index is 3.90. The molecule has 0 aliphatic carbocycles. The Balaban J connectivity index is 0.00000196. The van der Waals surface area contributed by atoms with Crippen LogP contribution in [0.4, 0.5) is 0 Å². The number of aromatic nitrogens is 3. The number of nitrogens with zero attached hydrogens (tertiary/aromatic N) is 3. The van der Waals surface area contributed by atoms with E-state index in [9.17, 15) is 0 Å². The second-order valence-corrected chi connectivity index (χ2v) is 3.80. The number of hydrogen-bond donors (Lipinski definition) is 0. The molecule has 1 aromatic rings. The van der Waals surface area contributed by atoms with Crippen molar-refractivity contribution < 1.29 is 32.7 Å². The summed E-state index contributed by atoms with van der Waals surface area (Å²) in [5.74, 6) is 0. The Morgan fingerprint density at radius 1 is 1.07 bits per heavy atom. The van der Waals surface area contributed by atoms with E-state index in [1.807, 2.05) is 0 Å². The Kier molecular flexibility index (Phi) is 10.9. The van der Waals surface area contributed by atoms with Crippen LogP contribution in [0.5, 0.6) is 0 Å². The molecule has 1 aromatic heterocycles. The molecule has 0 aromatic carbocycles. The van der Waals surface area contributed by atoms with Crippen LogP contribution in [0.2, 0.25) is 0 Å². The van der Waals surface area contributed by atoms with Crippen molar-refractivity contribution in [3.63, 3.8) is 0 Å². The largest absolute Gasteiger partial charge is 0.358 e. The molecule has 1 radical (unpaired) electrons. The molecule has 0 spiro atoms. The molecule has 0 amide bonds. The summed E-state index contributed by atoms with van der Waals surface area (Å²) >= 11 is 0. The number of aryl methyl sites for hydroxylation is 1. The topological polar surface area (TPSA) is 39.9 Å². The van der Waals surface area contributed by atoms with E-state index in [-0.39, 0.29) is 32.7 Å². The molecule has 3 nitrogen and oxygen atoms in total. The van der Waals surface area contributed by atoms with Crippen molar-refractivity contribution in [2.45, 2.75) is 58.3 Å². The van der Waals surface area contributed by atoms with Crippen LogP contribution in [0.1, 0.15) is 57.6 Å². The van der Waals surface area contributed by atoms with Gasteiger partial charge >= 0.3 is 0 Å². The average molecular weight is 283 g/mol. The third-order valence-corrected chi connectivity index (χ3v) is 2.47. The van der Waals surface area contributed by atoms with Crippen LogP contribution in [-0.4, -0.2) is 10.3 Å². The molecule has 0 aliphatic heterocycles. The zero-order chi connectivity index (χ0) is 10.1. The normalized spacial score (nSPS) is 9.93. The van der Waals surface area contributed by atoms with E-state index in [0.29, 0.717) is 0 Å². The summed E-state index contributed by atoms with van der Waals surface area (Å²) in [7, 11) is 0. The summed E-state index contributed by atoms with van der Waals surface area (Å²) < 4.78 is 0. The van der Waals surface area contributed by atoms with Crippen LogP contribution in [0.3, 0.4) is 0 Å². The zero-order valence-electron chi connectivity index (χ0n) is 9.65. The van der Waals surface area contributed by atoms with Gasteiger partial charge in [-0.05, 0) is 12.8 Å². The molecule has 1 heterocycles. The molecule has 0 unspecified atom stereocenters. The third kappa shape index (κ3) is 8.09. The maximum absolute atomic E-state index is 3.90. The van der Waals surface area contributed by atoms with Gasteiger partial charge in [-0.2, -0.15) is 0 Å². The smallest absolute Gasteiger partial charge is 0 e. The fourth-order valence-electron chi connectivity index (χ4n) is 1.58. The van der Waals surface area contributed by atoms with Gasteiger partial charge in [0.25, 0.3) is 0 Å². The molecule has 0 atom stereocenters. The Morgan fingerprint density at radius 2 is 1.73 bits per heavy atom. The molecular formula is C11H20N3Y-. The zero-order valence-corrected chi connectivity index (χ0v) is 12.5. The first-order valence-corrected chi connectivity index (χ1v) is 5.73. The molecule has 0 N–H and O–H groups in total. The Bertz CT molecular complexity index is 212. The van der Waals surface area contributed by atoms with Gasteiger partial charge in [-0.3, -0.25) is 5.21 Å². The van der Waals surface area contributed by atoms with Crippen molar-refractivity contribution in [1.29, 1.82) is 0 Å². The minimum atomic E-state index is 0. The van der Waals surface area contributed by atoms with E-state index in [2.05, 4.69) is 22.3 Å². The minimum absolute atomic E-state index is 0. The SMILES string of the molecule is CCCCCCCCCc1c[n-]nn1.[Y]. The van der Waals surface area contributed by atoms with Gasteiger partial charge in [0.1, 0.15) is 0 Å². The van der Waals surface area contributed by atoms with E-state index in [4.69, 9.17) is 0 Å². The Hall–Kier alpha value is 0.244. The number of hydrogen-bond acceptors (Lipinski definition) is 2. The predicted molar refractivity (Wildman–Crippen MR) is 57.0 cm³/mol. The Morgan fingerprint density at radius 3 is 2.33 bits per heavy atom. The van der Waals surface area contributed by atoms with E-state index < -0.39 is 0 Å². The van der Waals surface area contributed by atoms with E-state index in [1.54, 1.807) is 6.20 Å². The van der Waals surface area contributed by atoms with E-state index in [1.165, 1.54) is 44.9 Å². The van der Waals surface area contributed by atoms with Crippen molar-refractivity contribution in [2.75, 3.05) is 0 Å². The van der Waals surface area contributed by atoms with Crippen LogP contribution in [-0.2, 0) is 39.1 Å². The maximum Gasteiger partial charge on any atom is 0 e. The van der Waals surface area contributed by atoms with Crippen LogP contribution in [0, 0.1) is 0 Å². The number of rotatable bonds is 8. The van der Waals surface area contributed by atoms with Crippen LogP contribution in [0.25, 0.3) is 0 Å². The molecule has 0 saturated carbocycles. The predicted octanol–water partition coefficient (Wildman–Crippen LogP) is 2.72. The summed E-state index contributed by atoms with van der Waals surface area (Å²) in [6.07, 6.45) is 12.2. The summed E-state index contributed by atoms with van der Waals surface area (Å²) in [4.78, 5) is 0. The molecule has 83 valence electrons. The molecule has 0 fully saturated rings. The first-order chi connectivity index (χ1) is 6.93. The standard InChI is InChI=1S/C11H20N3.Y/c1-2-3-4-5-6-7-8-9-11-10-12-14-13-11;/h10H,2-9H2,1H3;/q-1;. The molecule has 0 saturated heterocycles. The molecule has 15 heavy (non-hydrogen) atoms. The fraction of sp³-hybridized carbons (Fsp3) is 0.818. The van der Waals surface area contributed by atoms with Crippen molar-refractivity contribution in [2.24, 2.45) is 0 Å². The van der Waals surface area contributed by atoms with Gasteiger partial charge < -0.3 is 10.2 Å². The number of unbranched alkanes of at least 4 members (excludes halogenated alkanes) is 6. The quantitative estimate of drug-likeness (QED) is 0.689. The fourth-order valence-corrected chi connectivity index (χ4v) is 1.58. The summed E-state index contributed by atoms with van der Waals surface area (Å²) in [5.41, 5.74) is 1.04. The van der Waals surface area contributed by atoms with Crippen LogP contribution < -0.4 is 5.10 Å². The Labute approximate surface area is 118 Å². The minimum Gasteiger partial charge on any atom is -0.358 e. The van der Waals surface area contributed by atoms with Crippen molar-refractivity contribution in [3.05, 3.63) is 11.9 Å². The van der Waals surface area contributed by atoms with Gasteiger partial charge in [-0.25, -0.2) is 0 Å². The second kappa shape index (κ2) is 10.8. The summed E-state index contributed by atoms with van der Waals surface area (Å²) in [6.45, 7) is 2.25. The van der Waals surface area contributed by atoms with Crippen LogP contribution in [0.15, 0.2) is 6.20 Å². The van der Waals surface area contributed by atoms with Gasteiger partial charge in [0.15, 0.2) is 0 Å². The molecule has 1 rings (SSSR count). The van der Waals surface area contributed by atoms with Gasteiger partial charge in [0, 0.05) is 32.7 Å². The molecule has 0 aliphatic rings. The van der Waals surface area contributed by atoms with Crippen molar-refractivity contribution in [1.82, 2.24) is 15.4 Å². The van der Waals surface area contributed by atoms with Crippen molar-refractivity contribution in [3.8, 4) is 0 Å². The first kappa shape index (κ1) is 15.2. The van der Waals surface area contributed by atoms with Gasteiger partial charge in [0.05, 0.1) is 0 Å². The molecule has 0 bridgehead atoms. The first-order valence-electron chi connectivity index (χ1n) is 5.73. The average Bonchev–Trinajstić information content (AvgIpc) is 2.69. The monoisotopic (exact) mass is 283 g/mol. The molecular weight excluding hydrogens is 263 g/mol. The van der Waals surface area contributed by atoms with E-state index in [0.717, 1.165) is 12.1 Å². The summed E-state index contributed by atoms with van der Waals surface area (Å²) in [5, 5.41) is 11.2. The second-order valence-electron chi connectivity index (χ2n) is 3.80. The van der Waals surface area contributed by atoms with Gasteiger partial charge in [0.2, 0.25) is 0 Å².